The van der Waals surface area contributed by atoms with E-state index >= 15 is 0 Å². The zero-order chi connectivity index (χ0) is 12.0. The zero-order valence-corrected chi connectivity index (χ0v) is 9.59. The van der Waals surface area contributed by atoms with Crippen molar-refractivity contribution in [2.45, 2.75) is 26.3 Å². The van der Waals surface area contributed by atoms with Gasteiger partial charge in [0, 0.05) is 6.54 Å². The minimum atomic E-state index is -0.272. The smallest absolute Gasteiger partial charge is 0.315 e. The fourth-order valence-corrected chi connectivity index (χ4v) is 1.32. The van der Waals surface area contributed by atoms with E-state index in [2.05, 4.69) is 10.6 Å². The lowest BCUT2D eigenvalue weighted by molar-refractivity contribution is 0.238. The van der Waals surface area contributed by atoms with E-state index in [1.165, 1.54) is 12.1 Å². The highest BCUT2D eigenvalue weighted by Gasteiger charge is 2.08. The Hall–Kier alpha value is -1.58. The van der Waals surface area contributed by atoms with Crippen molar-refractivity contribution in [2.75, 3.05) is 6.54 Å². The highest BCUT2D eigenvalue weighted by Crippen LogP contribution is 2.12. The van der Waals surface area contributed by atoms with Gasteiger partial charge in [-0.2, -0.15) is 0 Å². The molecule has 0 fully saturated rings. The lowest BCUT2D eigenvalue weighted by Gasteiger charge is -2.14. The van der Waals surface area contributed by atoms with Crippen LogP contribution in [-0.4, -0.2) is 12.6 Å². The van der Waals surface area contributed by atoms with E-state index in [1.54, 1.807) is 12.1 Å². The van der Waals surface area contributed by atoms with Crippen LogP contribution >= 0.6 is 0 Å². The first kappa shape index (κ1) is 12.5. The molecule has 3 nitrogen and oxygen atoms in total. The molecule has 1 rings (SSSR count). The second-order valence-electron chi connectivity index (χ2n) is 3.67. The van der Waals surface area contributed by atoms with Crippen LogP contribution in [0.4, 0.5) is 9.18 Å². The first-order valence-electron chi connectivity index (χ1n) is 5.43. The van der Waals surface area contributed by atoms with E-state index < -0.39 is 0 Å². The second kappa shape index (κ2) is 6.10. The summed E-state index contributed by atoms with van der Waals surface area (Å²) >= 11 is 0. The van der Waals surface area contributed by atoms with Gasteiger partial charge in [0.25, 0.3) is 0 Å². The molecule has 88 valence electrons. The van der Waals surface area contributed by atoms with Crippen molar-refractivity contribution in [2.24, 2.45) is 0 Å². The Morgan fingerprint density at radius 1 is 1.38 bits per heavy atom. The highest BCUT2D eigenvalue weighted by molar-refractivity contribution is 5.74. The summed E-state index contributed by atoms with van der Waals surface area (Å²) in [6, 6.07) is 5.78. The fourth-order valence-electron chi connectivity index (χ4n) is 1.32. The highest BCUT2D eigenvalue weighted by atomic mass is 19.1. The maximum atomic E-state index is 12.7. The van der Waals surface area contributed by atoms with Crippen LogP contribution in [0.2, 0.25) is 0 Å². The molecule has 0 aliphatic rings. The van der Waals surface area contributed by atoms with Gasteiger partial charge in [-0.15, -0.1) is 0 Å². The molecule has 1 aromatic carbocycles. The average molecular weight is 224 g/mol. The van der Waals surface area contributed by atoms with E-state index in [0.29, 0.717) is 6.54 Å². The van der Waals surface area contributed by atoms with Gasteiger partial charge in [-0.1, -0.05) is 19.1 Å². The summed E-state index contributed by atoms with van der Waals surface area (Å²) < 4.78 is 12.7. The van der Waals surface area contributed by atoms with Gasteiger partial charge in [0.2, 0.25) is 0 Å². The molecule has 0 aliphatic carbocycles. The second-order valence-corrected chi connectivity index (χ2v) is 3.67. The Bertz CT molecular complexity index is 337. The molecule has 4 heteroatoms. The number of halogens is 1. The van der Waals surface area contributed by atoms with E-state index in [1.807, 2.05) is 13.8 Å². The third-order valence-electron chi connectivity index (χ3n) is 2.25. The van der Waals surface area contributed by atoms with Crippen molar-refractivity contribution < 1.29 is 9.18 Å². The molecule has 0 bridgehead atoms. The van der Waals surface area contributed by atoms with Crippen molar-refractivity contribution in [3.05, 3.63) is 35.6 Å². The first-order valence-corrected chi connectivity index (χ1v) is 5.43. The molecule has 0 heterocycles. The largest absolute Gasteiger partial charge is 0.338 e. The minimum absolute atomic E-state index is 0.127. The molecule has 16 heavy (non-hydrogen) atoms. The van der Waals surface area contributed by atoms with E-state index in [-0.39, 0.29) is 17.9 Å². The molecular weight excluding hydrogens is 207 g/mol. The molecular formula is C12H17FN2O. The third-order valence-corrected chi connectivity index (χ3v) is 2.25. The summed E-state index contributed by atoms with van der Waals surface area (Å²) in [5, 5.41) is 5.50. The molecule has 0 unspecified atom stereocenters. The van der Waals surface area contributed by atoms with Crippen LogP contribution in [0.5, 0.6) is 0 Å². The summed E-state index contributed by atoms with van der Waals surface area (Å²) in [7, 11) is 0. The molecule has 1 aromatic rings. The molecule has 0 aliphatic heterocycles. The van der Waals surface area contributed by atoms with Crippen molar-refractivity contribution >= 4 is 6.03 Å². The van der Waals surface area contributed by atoms with Crippen molar-refractivity contribution in [3.8, 4) is 0 Å². The van der Waals surface area contributed by atoms with Crippen LogP contribution in [0, 0.1) is 5.82 Å². The summed E-state index contributed by atoms with van der Waals surface area (Å²) in [6.45, 7) is 4.50. The zero-order valence-electron chi connectivity index (χ0n) is 9.59. The van der Waals surface area contributed by atoms with Crippen LogP contribution in [-0.2, 0) is 0 Å². The van der Waals surface area contributed by atoms with E-state index in [4.69, 9.17) is 0 Å². The topological polar surface area (TPSA) is 41.1 Å². The summed E-state index contributed by atoms with van der Waals surface area (Å²) in [4.78, 5) is 11.4. The molecule has 0 saturated heterocycles. The normalized spacial score (nSPS) is 11.9. The van der Waals surface area contributed by atoms with Gasteiger partial charge in [-0.3, -0.25) is 0 Å². The van der Waals surface area contributed by atoms with Crippen LogP contribution in [0.25, 0.3) is 0 Å². The lowest BCUT2D eigenvalue weighted by atomic mass is 10.1. The molecule has 0 saturated carbocycles. The molecule has 2 amide bonds. The van der Waals surface area contributed by atoms with Crippen LogP contribution in [0.3, 0.4) is 0 Å². The van der Waals surface area contributed by atoms with Crippen LogP contribution in [0.1, 0.15) is 31.9 Å². The van der Waals surface area contributed by atoms with Gasteiger partial charge >= 0.3 is 6.03 Å². The molecule has 0 aromatic heterocycles. The standard InChI is InChI=1S/C12H17FN2O/c1-3-8-14-12(16)15-9(2)10-4-6-11(13)7-5-10/h4-7,9H,3,8H2,1-2H3,(H2,14,15,16)/t9-/m1/s1. The van der Waals surface area contributed by atoms with Gasteiger partial charge in [0.05, 0.1) is 6.04 Å². The summed E-state index contributed by atoms with van der Waals surface area (Å²) in [5.74, 6) is -0.272. The number of amides is 2. The Kier molecular flexibility index (Phi) is 4.76. The van der Waals surface area contributed by atoms with Crippen molar-refractivity contribution in [1.82, 2.24) is 10.6 Å². The Morgan fingerprint density at radius 3 is 2.56 bits per heavy atom. The molecule has 2 N–H and O–H groups in total. The van der Waals surface area contributed by atoms with E-state index in [9.17, 15) is 9.18 Å². The maximum absolute atomic E-state index is 12.7. The molecule has 1 atom stereocenters. The van der Waals surface area contributed by atoms with E-state index in [0.717, 1.165) is 12.0 Å². The lowest BCUT2D eigenvalue weighted by Crippen LogP contribution is -2.37. The summed E-state index contributed by atoms with van der Waals surface area (Å²) in [6.07, 6.45) is 0.901. The fraction of sp³-hybridized carbons (Fsp3) is 0.417. The Morgan fingerprint density at radius 2 is 2.00 bits per heavy atom. The van der Waals surface area contributed by atoms with Gasteiger partial charge in [0.15, 0.2) is 0 Å². The number of nitrogens with one attached hydrogen (secondary N) is 2. The number of hydrogen-bond acceptors (Lipinski definition) is 1. The minimum Gasteiger partial charge on any atom is -0.338 e. The predicted molar refractivity (Wildman–Crippen MR) is 61.6 cm³/mol. The number of rotatable bonds is 4. The van der Waals surface area contributed by atoms with Crippen molar-refractivity contribution in [1.29, 1.82) is 0 Å². The predicted octanol–water partition coefficient (Wildman–Crippen LogP) is 2.60. The maximum Gasteiger partial charge on any atom is 0.315 e. The van der Waals surface area contributed by atoms with Crippen LogP contribution < -0.4 is 10.6 Å². The SMILES string of the molecule is CCCNC(=O)N[C@H](C)c1ccc(F)cc1. The number of carbonyl (C=O) groups is 1. The number of benzene rings is 1. The van der Waals surface area contributed by atoms with Gasteiger partial charge < -0.3 is 10.6 Å². The van der Waals surface area contributed by atoms with Gasteiger partial charge in [0.1, 0.15) is 5.82 Å². The third kappa shape index (κ3) is 3.88. The number of urea groups is 1. The number of hydrogen-bond donors (Lipinski definition) is 2. The average Bonchev–Trinajstić information content (AvgIpc) is 2.27. The molecule has 0 spiro atoms. The number of carbonyl (C=O) groups excluding carboxylic acids is 1. The Balaban J connectivity index is 2.48. The summed E-state index contributed by atoms with van der Waals surface area (Å²) in [5.41, 5.74) is 0.882. The van der Waals surface area contributed by atoms with Gasteiger partial charge in [-0.25, -0.2) is 9.18 Å². The van der Waals surface area contributed by atoms with Crippen LogP contribution in [0.15, 0.2) is 24.3 Å². The Labute approximate surface area is 95.0 Å². The first-order chi connectivity index (χ1) is 7.63. The molecule has 0 radical (unpaired) electrons. The van der Waals surface area contributed by atoms with Gasteiger partial charge in [-0.05, 0) is 31.0 Å². The monoisotopic (exact) mass is 224 g/mol. The van der Waals surface area contributed by atoms with Crippen molar-refractivity contribution in [3.63, 3.8) is 0 Å². The quantitative estimate of drug-likeness (QED) is 0.811.